The van der Waals surface area contributed by atoms with Gasteiger partial charge in [0.25, 0.3) is 5.91 Å². The average molecular weight is 341 g/mol. The largest absolute Gasteiger partial charge is 0.464 e. The molecule has 1 amide bonds. The molecule has 4 rings (SSSR count). The third-order valence-electron chi connectivity index (χ3n) is 4.96. The van der Waals surface area contributed by atoms with Crippen molar-refractivity contribution < 1.29 is 9.21 Å². The van der Waals surface area contributed by atoms with Gasteiger partial charge in [0.05, 0.1) is 24.3 Å². The Balaban J connectivity index is 1.48. The molecule has 2 aromatic rings. The molecule has 7 nitrogen and oxygen atoms in total. The number of carbonyl (C=O) groups excluding carboxylic acids is 1. The minimum absolute atomic E-state index is 0.0218. The summed E-state index contributed by atoms with van der Waals surface area (Å²) >= 11 is 0. The van der Waals surface area contributed by atoms with Gasteiger partial charge in [-0.25, -0.2) is 9.97 Å². The van der Waals surface area contributed by atoms with Crippen LogP contribution in [-0.2, 0) is 13.1 Å². The molecule has 0 saturated carbocycles. The molecule has 4 heterocycles. The van der Waals surface area contributed by atoms with Gasteiger partial charge < -0.3 is 19.1 Å². The molecule has 7 heteroatoms. The first kappa shape index (κ1) is 16.1. The lowest BCUT2D eigenvalue weighted by atomic mass is 10.2. The lowest BCUT2D eigenvalue weighted by Gasteiger charge is -2.34. The van der Waals surface area contributed by atoms with Crippen LogP contribution < -0.4 is 4.90 Å². The fourth-order valence-electron chi connectivity index (χ4n) is 3.43. The summed E-state index contributed by atoms with van der Waals surface area (Å²) in [5.74, 6) is 2.36. The zero-order chi connectivity index (χ0) is 17.4. The normalized spacial score (nSPS) is 18.1. The van der Waals surface area contributed by atoms with E-state index in [4.69, 9.17) is 4.42 Å². The Labute approximate surface area is 147 Å². The van der Waals surface area contributed by atoms with Gasteiger partial charge in [-0.3, -0.25) is 4.79 Å². The van der Waals surface area contributed by atoms with Crippen molar-refractivity contribution in [1.29, 1.82) is 0 Å². The molecule has 132 valence electrons. The number of aromatic nitrogens is 2. The lowest BCUT2D eigenvalue weighted by Crippen LogP contribution is -2.46. The van der Waals surface area contributed by atoms with Crippen molar-refractivity contribution in [2.45, 2.75) is 26.9 Å². The first-order valence-electron chi connectivity index (χ1n) is 8.82. The Morgan fingerprint density at radius 3 is 2.68 bits per heavy atom. The minimum atomic E-state index is -0.0218. The van der Waals surface area contributed by atoms with Crippen LogP contribution in [0.4, 0.5) is 5.95 Å². The van der Waals surface area contributed by atoms with Gasteiger partial charge >= 0.3 is 0 Å². The van der Waals surface area contributed by atoms with Crippen LogP contribution in [-0.4, -0.2) is 58.4 Å². The number of furan rings is 1. The lowest BCUT2D eigenvalue weighted by molar-refractivity contribution is 0.0754. The van der Waals surface area contributed by atoms with Crippen molar-refractivity contribution in [3.05, 3.63) is 41.1 Å². The summed E-state index contributed by atoms with van der Waals surface area (Å²) in [4.78, 5) is 28.1. The zero-order valence-corrected chi connectivity index (χ0v) is 14.7. The second kappa shape index (κ2) is 6.48. The molecule has 0 unspecified atom stereocenters. The van der Waals surface area contributed by atoms with Crippen LogP contribution in [0.1, 0.15) is 34.5 Å². The summed E-state index contributed by atoms with van der Waals surface area (Å²) in [5.41, 5.74) is 1.43. The molecule has 0 bridgehead atoms. The highest BCUT2D eigenvalue weighted by molar-refractivity contribution is 5.97. The number of rotatable bonds is 4. The summed E-state index contributed by atoms with van der Waals surface area (Å²) < 4.78 is 5.59. The summed E-state index contributed by atoms with van der Waals surface area (Å²) in [7, 11) is 0. The summed E-state index contributed by atoms with van der Waals surface area (Å²) in [6, 6.07) is 3.83. The summed E-state index contributed by atoms with van der Waals surface area (Å²) in [6.45, 7) is 10.1. The number of hydrogen-bond acceptors (Lipinski definition) is 6. The van der Waals surface area contributed by atoms with Crippen LogP contribution in [0.2, 0.25) is 0 Å². The van der Waals surface area contributed by atoms with E-state index in [0.29, 0.717) is 18.7 Å². The van der Waals surface area contributed by atoms with Gasteiger partial charge in [-0.15, -0.1) is 0 Å². The topological polar surface area (TPSA) is 65.7 Å². The van der Waals surface area contributed by atoms with Gasteiger partial charge in [0.1, 0.15) is 11.5 Å². The number of fused-ring (bicyclic) bond motifs is 1. The van der Waals surface area contributed by atoms with E-state index in [1.165, 1.54) is 0 Å². The van der Waals surface area contributed by atoms with E-state index in [1.807, 2.05) is 19.1 Å². The van der Waals surface area contributed by atoms with E-state index in [-0.39, 0.29) is 5.91 Å². The number of likely N-dealkylation sites (N-methyl/N-ethyl adjacent to an activating group) is 1. The van der Waals surface area contributed by atoms with E-state index >= 15 is 0 Å². The van der Waals surface area contributed by atoms with Crippen molar-refractivity contribution in [1.82, 2.24) is 19.8 Å². The Bertz CT molecular complexity index is 780. The molecule has 2 aromatic heterocycles. The van der Waals surface area contributed by atoms with E-state index < -0.39 is 0 Å². The van der Waals surface area contributed by atoms with Crippen LogP contribution in [0.3, 0.4) is 0 Å². The summed E-state index contributed by atoms with van der Waals surface area (Å²) in [6.07, 6.45) is 1.68. The standard InChI is InChI=1S/C18H23N5O2/c1-3-21-6-8-22(9-7-21)18-19-10-15-16(20-18)12-23(17(15)24)11-14-5-4-13(2)25-14/h4-5,10H,3,6-9,11-12H2,1-2H3. The van der Waals surface area contributed by atoms with Gasteiger partial charge in [0.15, 0.2) is 0 Å². The monoisotopic (exact) mass is 341 g/mol. The maximum absolute atomic E-state index is 12.6. The highest BCUT2D eigenvalue weighted by Crippen LogP contribution is 2.25. The number of piperazine rings is 1. The molecular formula is C18H23N5O2. The molecule has 2 aliphatic heterocycles. The smallest absolute Gasteiger partial charge is 0.258 e. The Morgan fingerprint density at radius 1 is 1.20 bits per heavy atom. The molecule has 1 saturated heterocycles. The Morgan fingerprint density at radius 2 is 2.00 bits per heavy atom. The molecule has 0 atom stereocenters. The Hall–Kier alpha value is -2.41. The van der Waals surface area contributed by atoms with Crippen molar-refractivity contribution in [2.24, 2.45) is 0 Å². The van der Waals surface area contributed by atoms with E-state index in [9.17, 15) is 4.79 Å². The molecule has 2 aliphatic rings. The molecule has 0 spiro atoms. The van der Waals surface area contributed by atoms with Crippen LogP contribution in [0.5, 0.6) is 0 Å². The van der Waals surface area contributed by atoms with Crippen molar-refractivity contribution in [3.8, 4) is 0 Å². The SMILES string of the molecule is CCN1CCN(c2ncc3c(n2)CN(Cc2ccc(C)o2)C3=O)CC1. The maximum Gasteiger partial charge on any atom is 0.258 e. The third-order valence-corrected chi connectivity index (χ3v) is 4.96. The van der Waals surface area contributed by atoms with Crippen molar-refractivity contribution >= 4 is 11.9 Å². The number of hydrogen-bond donors (Lipinski definition) is 0. The van der Waals surface area contributed by atoms with Gasteiger partial charge in [-0.1, -0.05) is 6.92 Å². The van der Waals surface area contributed by atoms with Crippen LogP contribution in [0, 0.1) is 6.92 Å². The zero-order valence-electron chi connectivity index (χ0n) is 14.7. The highest BCUT2D eigenvalue weighted by Gasteiger charge is 2.31. The molecular weight excluding hydrogens is 318 g/mol. The van der Waals surface area contributed by atoms with Crippen LogP contribution in [0.15, 0.2) is 22.7 Å². The molecule has 1 fully saturated rings. The highest BCUT2D eigenvalue weighted by atomic mass is 16.3. The van der Waals surface area contributed by atoms with Gasteiger partial charge in [-0.05, 0) is 25.6 Å². The number of amides is 1. The quantitative estimate of drug-likeness (QED) is 0.843. The fraction of sp³-hybridized carbons (Fsp3) is 0.500. The third kappa shape index (κ3) is 3.11. The summed E-state index contributed by atoms with van der Waals surface area (Å²) in [5, 5.41) is 0. The van der Waals surface area contributed by atoms with Gasteiger partial charge in [-0.2, -0.15) is 0 Å². The fourth-order valence-corrected chi connectivity index (χ4v) is 3.43. The second-order valence-corrected chi connectivity index (χ2v) is 6.63. The molecule has 0 aromatic carbocycles. The maximum atomic E-state index is 12.6. The van der Waals surface area contributed by atoms with Crippen molar-refractivity contribution in [2.75, 3.05) is 37.6 Å². The van der Waals surface area contributed by atoms with Gasteiger partial charge in [0, 0.05) is 32.4 Å². The number of anilines is 1. The molecule has 0 radical (unpaired) electrons. The molecule has 0 aliphatic carbocycles. The second-order valence-electron chi connectivity index (χ2n) is 6.63. The van der Waals surface area contributed by atoms with E-state index in [0.717, 1.165) is 55.9 Å². The molecule has 0 N–H and O–H groups in total. The van der Waals surface area contributed by atoms with Crippen LogP contribution >= 0.6 is 0 Å². The van der Waals surface area contributed by atoms with E-state index in [1.54, 1.807) is 11.1 Å². The average Bonchev–Trinajstić information content (AvgIpc) is 3.18. The van der Waals surface area contributed by atoms with Gasteiger partial charge in [0.2, 0.25) is 5.95 Å². The van der Waals surface area contributed by atoms with Crippen LogP contribution in [0.25, 0.3) is 0 Å². The van der Waals surface area contributed by atoms with Crippen molar-refractivity contribution in [3.63, 3.8) is 0 Å². The number of carbonyl (C=O) groups is 1. The first-order valence-corrected chi connectivity index (χ1v) is 8.82. The minimum Gasteiger partial charge on any atom is -0.464 e. The predicted octanol–water partition coefficient (Wildman–Crippen LogP) is 1.68. The number of aryl methyl sites for hydroxylation is 1. The molecule has 25 heavy (non-hydrogen) atoms. The van der Waals surface area contributed by atoms with E-state index in [2.05, 4.69) is 26.7 Å². The number of nitrogens with zero attached hydrogens (tertiary/aromatic N) is 5. The predicted molar refractivity (Wildman–Crippen MR) is 93.4 cm³/mol. The Kier molecular flexibility index (Phi) is 4.17. The first-order chi connectivity index (χ1) is 12.1.